The normalized spacial score (nSPS) is 22.5. The van der Waals surface area contributed by atoms with Crippen LogP contribution in [0.4, 0.5) is 0 Å². The first-order valence-corrected chi connectivity index (χ1v) is 7.07. The molecular weight excluding hydrogens is 284 g/mol. The molecule has 7 heteroatoms. The van der Waals surface area contributed by atoms with Gasteiger partial charge in [-0.3, -0.25) is 5.04 Å². The minimum Gasteiger partial charge on any atom is -0.691 e. The molecule has 20 heavy (non-hydrogen) atoms. The van der Waals surface area contributed by atoms with Gasteiger partial charge in [-0.2, -0.15) is 4.33 Å². The van der Waals surface area contributed by atoms with Gasteiger partial charge in [0.15, 0.2) is 0 Å². The molecule has 1 aliphatic carbocycles. The van der Waals surface area contributed by atoms with Crippen LogP contribution in [0, 0.1) is 0 Å². The summed E-state index contributed by atoms with van der Waals surface area (Å²) < 4.78 is 9.51. The largest absolute Gasteiger partial charge is 0.691 e. The number of carbonyl (C=O) groups excluding carboxylic acids is 1. The minimum absolute atomic E-state index is 0.335. The van der Waals surface area contributed by atoms with Crippen molar-refractivity contribution < 1.29 is 29.3 Å². The Morgan fingerprint density at radius 2 is 2.15 bits per heavy atom. The molecule has 2 rings (SSSR count). The van der Waals surface area contributed by atoms with E-state index in [0.717, 1.165) is 12.8 Å². The van der Waals surface area contributed by atoms with E-state index in [9.17, 15) is 15.2 Å². The Morgan fingerprint density at radius 1 is 1.35 bits per heavy atom. The fourth-order valence-corrected chi connectivity index (χ4v) is 2.56. The minimum atomic E-state index is -0.595. The van der Waals surface area contributed by atoms with Gasteiger partial charge >= 0.3 is 5.97 Å². The van der Waals surface area contributed by atoms with Crippen molar-refractivity contribution in [2.45, 2.75) is 42.8 Å². The van der Waals surface area contributed by atoms with Crippen LogP contribution in [0.1, 0.15) is 36.0 Å². The lowest BCUT2D eigenvalue weighted by atomic mass is 9.95. The number of benzene rings is 1. The number of rotatable bonds is 5. The number of aliphatic hydroxyl groups excluding tert-OH is 1. The topological polar surface area (TPSA) is 88.1 Å². The highest BCUT2D eigenvalue weighted by atomic mass is 32.2. The highest BCUT2D eigenvalue weighted by Gasteiger charge is 2.26. The zero-order chi connectivity index (χ0) is 14.4. The molecule has 110 valence electrons. The van der Waals surface area contributed by atoms with E-state index in [4.69, 9.17) is 4.74 Å². The predicted octanol–water partition coefficient (Wildman–Crippen LogP) is 1.38. The summed E-state index contributed by atoms with van der Waals surface area (Å²) in [7, 11) is 0. The molecule has 1 aromatic carbocycles. The first kappa shape index (κ1) is 15.3. The third-order valence-electron chi connectivity index (χ3n) is 3.15. The van der Waals surface area contributed by atoms with Crippen molar-refractivity contribution >= 4 is 18.0 Å². The third kappa shape index (κ3) is 4.19. The standard InChI is InChI=1S/C13H16O6S/c14-11-6-1-2-7-12(11)17-13(15)9-4-3-5-10(8-9)20-19-18-16/h3-5,8,11-12,14,16H,1-2,6-7H2/p-1. The zero-order valence-corrected chi connectivity index (χ0v) is 11.5. The van der Waals surface area contributed by atoms with Gasteiger partial charge < -0.3 is 15.1 Å². The molecule has 2 unspecified atom stereocenters. The number of esters is 1. The fourth-order valence-electron chi connectivity index (χ4n) is 2.15. The summed E-state index contributed by atoms with van der Waals surface area (Å²) in [6.45, 7) is 0. The van der Waals surface area contributed by atoms with E-state index in [-0.39, 0.29) is 0 Å². The monoisotopic (exact) mass is 299 g/mol. The van der Waals surface area contributed by atoms with Crippen molar-refractivity contribution in [1.29, 1.82) is 0 Å². The molecule has 2 atom stereocenters. The maximum Gasteiger partial charge on any atom is 0.338 e. The Bertz CT molecular complexity index is 452. The van der Waals surface area contributed by atoms with E-state index >= 15 is 0 Å². The first-order valence-electron chi connectivity index (χ1n) is 6.33. The second-order valence-electron chi connectivity index (χ2n) is 4.54. The van der Waals surface area contributed by atoms with Gasteiger partial charge in [0, 0.05) is 4.90 Å². The van der Waals surface area contributed by atoms with E-state index in [1.807, 2.05) is 0 Å². The van der Waals surface area contributed by atoms with Gasteiger partial charge in [0.05, 0.1) is 23.7 Å². The third-order valence-corrected chi connectivity index (χ3v) is 3.72. The van der Waals surface area contributed by atoms with Gasteiger partial charge in [0.25, 0.3) is 0 Å². The molecule has 1 saturated carbocycles. The van der Waals surface area contributed by atoms with Crippen molar-refractivity contribution in [2.24, 2.45) is 0 Å². The molecule has 0 saturated heterocycles. The molecule has 0 bridgehead atoms. The molecule has 1 aromatic rings. The number of hydrogen-bond donors (Lipinski definition) is 1. The van der Waals surface area contributed by atoms with Gasteiger partial charge in [-0.1, -0.05) is 12.5 Å². The smallest absolute Gasteiger partial charge is 0.338 e. The lowest BCUT2D eigenvalue weighted by Gasteiger charge is -2.27. The summed E-state index contributed by atoms with van der Waals surface area (Å²) in [5, 5.41) is 22.8. The zero-order valence-electron chi connectivity index (χ0n) is 10.7. The van der Waals surface area contributed by atoms with E-state index in [0.29, 0.717) is 35.3 Å². The van der Waals surface area contributed by atoms with Gasteiger partial charge in [0.1, 0.15) is 6.10 Å². The Kier molecular flexibility index (Phi) is 5.81. The van der Waals surface area contributed by atoms with Gasteiger partial charge in [-0.15, -0.1) is 0 Å². The van der Waals surface area contributed by atoms with Crippen molar-refractivity contribution in [3.63, 3.8) is 0 Å². The molecule has 0 aliphatic heterocycles. The number of hydrogen-bond acceptors (Lipinski definition) is 7. The summed E-state index contributed by atoms with van der Waals surface area (Å²) in [5.41, 5.74) is 0.335. The fraction of sp³-hybridized carbons (Fsp3) is 0.462. The van der Waals surface area contributed by atoms with Crippen LogP contribution >= 0.6 is 12.0 Å². The number of aliphatic hydroxyl groups is 1. The quantitative estimate of drug-likeness (QED) is 0.380. The second-order valence-corrected chi connectivity index (χ2v) is 5.32. The average Bonchev–Trinajstić information content (AvgIpc) is 2.48. The molecule has 6 nitrogen and oxygen atoms in total. The summed E-state index contributed by atoms with van der Waals surface area (Å²) in [6.07, 6.45) is 2.18. The van der Waals surface area contributed by atoms with Crippen LogP contribution in [-0.2, 0) is 14.1 Å². The van der Waals surface area contributed by atoms with Crippen LogP contribution in [0.15, 0.2) is 29.2 Å². The summed E-state index contributed by atoms with van der Waals surface area (Å²) >= 11 is 0.707. The molecule has 0 heterocycles. The lowest BCUT2D eigenvalue weighted by Crippen LogP contribution is -2.34. The molecule has 1 aliphatic rings. The molecular formula is C13H15O6S-. The Balaban J connectivity index is 1.97. The Hall–Kier alpha value is -1.12. The number of ether oxygens (including phenoxy) is 1. The second kappa shape index (κ2) is 7.61. The van der Waals surface area contributed by atoms with E-state index in [1.54, 1.807) is 18.2 Å². The van der Waals surface area contributed by atoms with Crippen molar-refractivity contribution in [2.75, 3.05) is 0 Å². The van der Waals surface area contributed by atoms with Crippen molar-refractivity contribution in [1.82, 2.24) is 0 Å². The maximum atomic E-state index is 12.0. The Labute approximate surface area is 120 Å². The van der Waals surface area contributed by atoms with Gasteiger partial charge in [-0.05, 0) is 37.5 Å². The molecule has 0 amide bonds. The van der Waals surface area contributed by atoms with E-state index in [2.05, 4.69) is 9.37 Å². The lowest BCUT2D eigenvalue weighted by molar-refractivity contribution is -0.777. The van der Waals surface area contributed by atoms with Crippen LogP contribution in [0.3, 0.4) is 0 Å². The Morgan fingerprint density at radius 3 is 2.90 bits per heavy atom. The van der Waals surface area contributed by atoms with E-state index < -0.39 is 18.2 Å². The van der Waals surface area contributed by atoms with Crippen LogP contribution in [-0.4, -0.2) is 23.3 Å². The van der Waals surface area contributed by atoms with Crippen molar-refractivity contribution in [3.8, 4) is 0 Å². The molecule has 0 radical (unpaired) electrons. The molecule has 0 aromatic heterocycles. The van der Waals surface area contributed by atoms with E-state index in [1.165, 1.54) is 6.07 Å². The van der Waals surface area contributed by atoms with Crippen LogP contribution in [0.25, 0.3) is 0 Å². The van der Waals surface area contributed by atoms with Crippen LogP contribution < -0.4 is 5.26 Å². The maximum absolute atomic E-state index is 12.0. The highest BCUT2D eigenvalue weighted by Crippen LogP contribution is 2.24. The van der Waals surface area contributed by atoms with Crippen LogP contribution in [0.5, 0.6) is 0 Å². The summed E-state index contributed by atoms with van der Waals surface area (Å²) in [5.74, 6) is -0.499. The molecule has 1 fully saturated rings. The molecule has 1 N–H and O–H groups in total. The van der Waals surface area contributed by atoms with Gasteiger partial charge in [0.2, 0.25) is 0 Å². The average molecular weight is 299 g/mol. The highest BCUT2D eigenvalue weighted by molar-refractivity contribution is 7.94. The number of carbonyl (C=O) groups is 1. The summed E-state index contributed by atoms with van der Waals surface area (Å²) in [6, 6.07) is 6.43. The summed E-state index contributed by atoms with van der Waals surface area (Å²) in [4.78, 5) is 12.5. The first-order chi connectivity index (χ1) is 9.70. The van der Waals surface area contributed by atoms with Crippen molar-refractivity contribution in [3.05, 3.63) is 29.8 Å². The van der Waals surface area contributed by atoms with Gasteiger partial charge in [-0.25, -0.2) is 4.79 Å². The molecule has 0 spiro atoms. The SMILES string of the molecule is O=C(OC1CCCCC1O)c1cccc(SOO[O-])c1. The van der Waals surface area contributed by atoms with Crippen LogP contribution in [0.2, 0.25) is 0 Å². The predicted molar refractivity (Wildman–Crippen MR) is 68.1 cm³/mol.